The molecule has 8 heavy (non-hydrogen) atoms. The molecule has 0 aliphatic carbocycles. The fourth-order valence-electron chi connectivity index (χ4n) is 0.178. The summed E-state index contributed by atoms with van der Waals surface area (Å²) in [6.45, 7) is 0. The maximum atomic E-state index is 5.11. The molecule has 0 bridgehead atoms. The zero-order valence-corrected chi connectivity index (χ0v) is 9.33. The van der Waals surface area contributed by atoms with Crippen molar-refractivity contribution in [3.8, 4) is 0 Å². The second-order valence-corrected chi connectivity index (χ2v) is 3.81. The summed E-state index contributed by atoms with van der Waals surface area (Å²) in [4.78, 5) is 8.96. The second-order valence-electron chi connectivity index (χ2n) is 0.787. The van der Waals surface area contributed by atoms with Gasteiger partial charge in [-0.3, -0.25) is 0 Å². The first-order chi connectivity index (χ1) is 3.85. The topological polar surface area (TPSA) is 21.7 Å². The van der Waals surface area contributed by atoms with Gasteiger partial charge in [-0.1, -0.05) is 0 Å². The number of alkyl halides is 2. The van der Waals surface area contributed by atoms with Gasteiger partial charge in [-0.05, 0) is 0 Å². The second kappa shape index (κ2) is 6.46. The summed E-state index contributed by atoms with van der Waals surface area (Å²) in [5.41, 5.74) is 0. The molecule has 0 aromatic carbocycles. The molecule has 0 aliphatic heterocycles. The van der Waals surface area contributed by atoms with Crippen LogP contribution in [0.1, 0.15) is 0 Å². The Morgan fingerprint density at radius 3 is 2.12 bits per heavy atom. The van der Waals surface area contributed by atoms with Gasteiger partial charge in [-0.2, -0.15) is 0 Å². The van der Waals surface area contributed by atoms with Gasteiger partial charge in [-0.25, -0.2) is 0 Å². The van der Waals surface area contributed by atoms with Crippen LogP contribution in [0.25, 0.3) is 0 Å². The quantitative estimate of drug-likeness (QED) is 0.219. The average molecular weight is 345 g/mol. The minimum atomic E-state index is -0.117. The molecule has 0 spiro atoms. The van der Waals surface area contributed by atoms with Crippen LogP contribution in [0.15, 0.2) is 0 Å². The summed E-state index contributed by atoms with van der Waals surface area (Å²) in [6.07, 6.45) is 0. The van der Waals surface area contributed by atoms with E-state index in [0.717, 1.165) is 0 Å². The number of hydrogen-bond acceptors (Lipinski definition) is 3. The first kappa shape index (κ1) is 9.34. The molecular formula is C3H9I2NO2-2. The Hall–Kier alpha value is 1.34. The third-order valence-electron chi connectivity index (χ3n) is 0.405. The monoisotopic (exact) mass is 345 g/mol. The first-order valence-electron chi connectivity index (χ1n) is 1.85. The van der Waals surface area contributed by atoms with Crippen molar-refractivity contribution in [3.63, 3.8) is 0 Å². The van der Waals surface area contributed by atoms with Crippen molar-refractivity contribution in [1.29, 1.82) is 0 Å². The van der Waals surface area contributed by atoms with Crippen LogP contribution >= 0.6 is 0 Å². The van der Waals surface area contributed by atoms with Crippen molar-refractivity contribution < 1.29 is 51.1 Å². The summed E-state index contributed by atoms with van der Waals surface area (Å²) < 4.78 is 6.70. The molecule has 0 aromatic heterocycles. The number of halogens is 2. The van der Waals surface area contributed by atoms with Crippen LogP contribution in [0.5, 0.6) is 0 Å². The van der Waals surface area contributed by atoms with Gasteiger partial charge in [0.25, 0.3) is 0 Å². The molecule has 5 heteroatoms. The van der Waals surface area contributed by atoms with E-state index >= 15 is 0 Å². The van der Waals surface area contributed by atoms with E-state index in [4.69, 9.17) is 8.00 Å². The van der Waals surface area contributed by atoms with Crippen LogP contribution in [0, 0.1) is 0 Å². The van der Waals surface area contributed by atoms with Gasteiger partial charge in [0.1, 0.15) is 0 Å². The number of rotatable bonds is 4. The minimum absolute atomic E-state index is 0.0486. The molecule has 0 unspecified atom stereocenters. The van der Waals surface area contributed by atoms with E-state index in [9.17, 15) is 0 Å². The van der Waals surface area contributed by atoms with Crippen molar-refractivity contribution in [2.24, 2.45) is 0 Å². The standard InChI is InChI=1S/C3H9I2NO2/c1-4-6(7-3)8-5-2/h1-3H3/q-2. The summed E-state index contributed by atoms with van der Waals surface area (Å²) >= 11 is -0.166. The molecule has 0 aromatic rings. The molecule has 0 N–H and O–H groups in total. The van der Waals surface area contributed by atoms with Crippen molar-refractivity contribution in [3.05, 3.63) is 0 Å². The summed E-state index contributed by atoms with van der Waals surface area (Å²) in [6, 6.07) is 0. The van der Waals surface area contributed by atoms with Gasteiger partial charge in [0.2, 0.25) is 0 Å². The van der Waals surface area contributed by atoms with Crippen LogP contribution in [0.2, 0.25) is 0 Å². The van der Waals surface area contributed by atoms with Gasteiger partial charge < -0.3 is 0 Å². The van der Waals surface area contributed by atoms with E-state index in [2.05, 4.69) is 4.93 Å². The van der Waals surface area contributed by atoms with E-state index in [0.29, 0.717) is 0 Å². The van der Waals surface area contributed by atoms with Crippen molar-refractivity contribution in [2.45, 2.75) is 0 Å². The van der Waals surface area contributed by atoms with Gasteiger partial charge in [0.15, 0.2) is 0 Å². The van der Waals surface area contributed by atoms with Crippen LogP contribution in [-0.2, 0) is 8.00 Å². The zero-order chi connectivity index (χ0) is 6.41. The molecule has 0 fully saturated rings. The van der Waals surface area contributed by atoms with E-state index in [-0.39, 0.29) is 43.1 Å². The molecule has 0 aliphatic rings. The molecule has 0 saturated carbocycles. The van der Waals surface area contributed by atoms with Crippen LogP contribution < -0.4 is 43.1 Å². The fourth-order valence-corrected chi connectivity index (χ4v) is 3.19. The normalized spacial score (nSPS) is 11.5. The van der Waals surface area contributed by atoms with Crippen LogP contribution in [0.3, 0.4) is 0 Å². The number of nitrogens with zero attached hydrogens (tertiary/aromatic N) is 1. The van der Waals surface area contributed by atoms with Crippen LogP contribution in [-0.4, -0.2) is 20.4 Å². The van der Waals surface area contributed by atoms with Gasteiger partial charge in [0, 0.05) is 0 Å². The molecule has 0 rings (SSSR count). The Morgan fingerprint density at radius 2 is 2.00 bits per heavy atom. The van der Waals surface area contributed by atoms with Gasteiger partial charge >= 0.3 is 71.5 Å². The van der Waals surface area contributed by atoms with E-state index in [1.165, 1.54) is 0 Å². The molecule has 0 amide bonds. The van der Waals surface area contributed by atoms with E-state index in [1.54, 1.807) is 10.5 Å². The average Bonchev–Trinajstić information content (AvgIpc) is 1.83. The Kier molecular flexibility index (Phi) is 7.54. The summed E-state index contributed by atoms with van der Waals surface area (Å²) in [5.74, 6) is 0. The Labute approximate surface area is 71.0 Å². The first-order valence-corrected chi connectivity index (χ1v) is 8.01. The number of hydrogen-bond donors (Lipinski definition) is 0. The van der Waals surface area contributed by atoms with E-state index < -0.39 is 0 Å². The predicted molar refractivity (Wildman–Crippen MR) is 21.8 cm³/mol. The van der Waals surface area contributed by atoms with Crippen LogP contribution in [0.4, 0.5) is 0 Å². The predicted octanol–water partition coefficient (Wildman–Crippen LogP) is -5.95. The zero-order valence-electron chi connectivity index (χ0n) is 5.02. The third-order valence-corrected chi connectivity index (χ3v) is 3.29. The molecule has 0 saturated heterocycles. The van der Waals surface area contributed by atoms with Gasteiger partial charge in [-0.15, -0.1) is 0 Å². The molecule has 0 atom stereocenters. The molecule has 3 nitrogen and oxygen atoms in total. The molecular weight excluding hydrogens is 336 g/mol. The molecule has 0 heterocycles. The Balaban J connectivity index is 3.07. The molecule has 54 valence electrons. The Bertz CT molecular complexity index is 50.5. The van der Waals surface area contributed by atoms with Gasteiger partial charge in [0.05, 0.1) is 0 Å². The molecule has 0 radical (unpaired) electrons. The summed E-state index contributed by atoms with van der Waals surface area (Å²) in [5, 5.41) is 0. The van der Waals surface area contributed by atoms with Crippen molar-refractivity contribution in [2.75, 3.05) is 17.0 Å². The Morgan fingerprint density at radius 1 is 1.38 bits per heavy atom. The van der Waals surface area contributed by atoms with Crippen molar-refractivity contribution >= 4 is 0 Å². The summed E-state index contributed by atoms with van der Waals surface area (Å²) in [7, 11) is 1.63. The SMILES string of the molecule is CON(O[I-]C)[I-]C. The van der Waals surface area contributed by atoms with Crippen molar-refractivity contribution in [1.82, 2.24) is 3.44 Å². The maximum absolute atomic E-state index is 5.11. The fraction of sp³-hybridized carbons (Fsp3) is 1.00. The third kappa shape index (κ3) is 4.24. The van der Waals surface area contributed by atoms with E-state index in [1.807, 2.05) is 4.93 Å².